The van der Waals surface area contributed by atoms with Crippen molar-refractivity contribution in [2.75, 3.05) is 36.5 Å². The monoisotopic (exact) mass is 316 g/mol. The van der Waals surface area contributed by atoms with Crippen LogP contribution in [0.25, 0.3) is 0 Å². The van der Waals surface area contributed by atoms with Gasteiger partial charge in [0.2, 0.25) is 11.6 Å². The van der Waals surface area contributed by atoms with Crippen LogP contribution in [0.1, 0.15) is 5.56 Å². The number of nitro groups is 1. The summed E-state index contributed by atoms with van der Waals surface area (Å²) < 4.78 is 5.28. The molecular formula is C14H16N6O3. The Kier molecular flexibility index (Phi) is 4.29. The number of aryl methyl sites for hydroxylation is 1. The summed E-state index contributed by atoms with van der Waals surface area (Å²) in [4.78, 5) is 25.3. The van der Waals surface area contributed by atoms with Gasteiger partial charge in [-0.05, 0) is 18.6 Å². The first-order valence-corrected chi connectivity index (χ1v) is 7.17. The largest absolute Gasteiger partial charge is 0.378 e. The van der Waals surface area contributed by atoms with Crippen molar-refractivity contribution in [1.29, 1.82) is 0 Å². The molecule has 0 atom stereocenters. The summed E-state index contributed by atoms with van der Waals surface area (Å²) >= 11 is 0. The van der Waals surface area contributed by atoms with E-state index in [1.165, 1.54) is 6.33 Å². The van der Waals surface area contributed by atoms with E-state index in [0.29, 0.717) is 37.9 Å². The van der Waals surface area contributed by atoms with Gasteiger partial charge >= 0.3 is 5.69 Å². The Morgan fingerprint density at radius 2 is 2.04 bits per heavy atom. The summed E-state index contributed by atoms with van der Waals surface area (Å²) in [7, 11) is 0. The standard InChI is InChI=1S/C14H16N6O3/c1-10-3-2-4-15-12(10)18-13-11(20(21)22)14(17-9-16-13)19-5-7-23-8-6-19/h2-4,9H,5-8H2,1H3,(H,15,16,17,18). The smallest absolute Gasteiger partial charge is 0.353 e. The molecule has 0 saturated carbocycles. The maximum atomic E-state index is 11.6. The first-order chi connectivity index (χ1) is 11.2. The highest BCUT2D eigenvalue weighted by Crippen LogP contribution is 2.33. The molecule has 1 N–H and O–H groups in total. The molecular weight excluding hydrogens is 300 g/mol. The van der Waals surface area contributed by atoms with E-state index < -0.39 is 4.92 Å². The predicted octanol–water partition coefficient (Wildman–Crippen LogP) is 1.67. The number of anilines is 3. The summed E-state index contributed by atoms with van der Waals surface area (Å²) in [5.74, 6) is 0.958. The quantitative estimate of drug-likeness (QED) is 0.670. The van der Waals surface area contributed by atoms with Gasteiger partial charge in [0, 0.05) is 19.3 Å². The molecule has 9 heteroatoms. The zero-order valence-electron chi connectivity index (χ0n) is 12.6. The number of morpholine rings is 1. The summed E-state index contributed by atoms with van der Waals surface area (Å²) in [6.45, 7) is 4.01. The Bertz CT molecular complexity index is 717. The Morgan fingerprint density at radius 1 is 1.26 bits per heavy atom. The lowest BCUT2D eigenvalue weighted by Crippen LogP contribution is -2.37. The van der Waals surface area contributed by atoms with Crippen LogP contribution in [0.2, 0.25) is 0 Å². The summed E-state index contributed by atoms with van der Waals surface area (Å²) in [5, 5.41) is 14.5. The van der Waals surface area contributed by atoms with Crippen molar-refractivity contribution >= 4 is 23.1 Å². The Labute approximate surface area is 132 Å². The van der Waals surface area contributed by atoms with E-state index in [-0.39, 0.29) is 11.5 Å². The van der Waals surface area contributed by atoms with Crippen LogP contribution in [-0.4, -0.2) is 46.2 Å². The molecule has 0 unspecified atom stereocenters. The Hall–Kier alpha value is -2.81. The van der Waals surface area contributed by atoms with Gasteiger partial charge in [0.05, 0.1) is 18.1 Å². The van der Waals surface area contributed by atoms with Crippen molar-refractivity contribution in [2.45, 2.75) is 6.92 Å². The summed E-state index contributed by atoms with van der Waals surface area (Å²) in [5.41, 5.74) is 0.716. The fourth-order valence-electron chi connectivity index (χ4n) is 2.36. The van der Waals surface area contributed by atoms with E-state index in [2.05, 4.69) is 20.3 Å². The van der Waals surface area contributed by atoms with E-state index in [9.17, 15) is 10.1 Å². The zero-order valence-corrected chi connectivity index (χ0v) is 12.6. The fourth-order valence-corrected chi connectivity index (χ4v) is 2.36. The normalized spacial score (nSPS) is 14.6. The van der Waals surface area contributed by atoms with Crippen LogP contribution in [0.5, 0.6) is 0 Å². The van der Waals surface area contributed by atoms with Gasteiger partial charge in [-0.15, -0.1) is 0 Å². The predicted molar refractivity (Wildman–Crippen MR) is 84.0 cm³/mol. The molecule has 2 aromatic rings. The molecule has 0 amide bonds. The van der Waals surface area contributed by atoms with Gasteiger partial charge in [-0.1, -0.05) is 6.07 Å². The van der Waals surface area contributed by atoms with E-state index in [4.69, 9.17) is 4.74 Å². The van der Waals surface area contributed by atoms with Crippen molar-refractivity contribution in [3.63, 3.8) is 0 Å². The molecule has 9 nitrogen and oxygen atoms in total. The highest BCUT2D eigenvalue weighted by Gasteiger charge is 2.28. The van der Waals surface area contributed by atoms with E-state index in [1.54, 1.807) is 12.3 Å². The zero-order chi connectivity index (χ0) is 16.2. The van der Waals surface area contributed by atoms with Crippen molar-refractivity contribution < 1.29 is 9.66 Å². The minimum absolute atomic E-state index is 0.133. The average Bonchev–Trinajstić information content (AvgIpc) is 2.57. The minimum atomic E-state index is -0.467. The average molecular weight is 316 g/mol. The summed E-state index contributed by atoms with van der Waals surface area (Å²) in [6.07, 6.45) is 2.93. The SMILES string of the molecule is Cc1cccnc1Nc1ncnc(N2CCOCC2)c1[N+](=O)[O-]. The molecule has 0 aromatic carbocycles. The number of rotatable bonds is 4. The molecule has 0 bridgehead atoms. The van der Waals surface area contributed by atoms with Crippen LogP contribution in [-0.2, 0) is 4.74 Å². The topological polar surface area (TPSA) is 106 Å². The Morgan fingerprint density at radius 3 is 2.74 bits per heavy atom. The third-order valence-corrected chi connectivity index (χ3v) is 3.54. The van der Waals surface area contributed by atoms with Gasteiger partial charge in [0.15, 0.2) is 0 Å². The first kappa shape index (κ1) is 15.1. The second-order valence-corrected chi connectivity index (χ2v) is 5.04. The summed E-state index contributed by atoms with van der Waals surface area (Å²) in [6, 6.07) is 3.67. The van der Waals surface area contributed by atoms with Crippen LogP contribution in [0.4, 0.5) is 23.1 Å². The number of pyridine rings is 1. The molecule has 1 aliphatic rings. The van der Waals surface area contributed by atoms with Gasteiger partial charge in [-0.25, -0.2) is 15.0 Å². The number of nitrogens with one attached hydrogen (secondary N) is 1. The Balaban J connectivity index is 2.00. The maximum absolute atomic E-state index is 11.6. The van der Waals surface area contributed by atoms with Gasteiger partial charge in [-0.3, -0.25) is 10.1 Å². The highest BCUT2D eigenvalue weighted by molar-refractivity contribution is 5.74. The van der Waals surface area contributed by atoms with E-state index >= 15 is 0 Å². The molecule has 1 saturated heterocycles. The van der Waals surface area contributed by atoms with Gasteiger partial charge < -0.3 is 15.0 Å². The third-order valence-electron chi connectivity index (χ3n) is 3.54. The molecule has 0 aliphatic carbocycles. The van der Waals surface area contributed by atoms with Crippen LogP contribution >= 0.6 is 0 Å². The highest BCUT2D eigenvalue weighted by atomic mass is 16.6. The third kappa shape index (κ3) is 3.19. The van der Waals surface area contributed by atoms with Gasteiger partial charge in [0.1, 0.15) is 12.1 Å². The number of hydrogen-bond acceptors (Lipinski definition) is 8. The molecule has 120 valence electrons. The molecule has 3 rings (SSSR count). The van der Waals surface area contributed by atoms with Crippen LogP contribution in [0, 0.1) is 17.0 Å². The lowest BCUT2D eigenvalue weighted by atomic mass is 10.3. The minimum Gasteiger partial charge on any atom is -0.378 e. The van der Waals surface area contributed by atoms with Crippen molar-refractivity contribution in [2.24, 2.45) is 0 Å². The molecule has 1 fully saturated rings. The molecule has 2 aromatic heterocycles. The fraction of sp³-hybridized carbons (Fsp3) is 0.357. The molecule has 0 spiro atoms. The number of nitrogens with zero attached hydrogens (tertiary/aromatic N) is 5. The lowest BCUT2D eigenvalue weighted by molar-refractivity contribution is -0.383. The second kappa shape index (κ2) is 6.53. The van der Waals surface area contributed by atoms with E-state index in [1.807, 2.05) is 17.9 Å². The van der Waals surface area contributed by atoms with Crippen molar-refractivity contribution in [3.05, 3.63) is 40.3 Å². The number of hydrogen-bond donors (Lipinski definition) is 1. The second-order valence-electron chi connectivity index (χ2n) is 5.04. The molecule has 1 aliphatic heterocycles. The van der Waals surface area contributed by atoms with Crippen LogP contribution in [0.15, 0.2) is 24.7 Å². The first-order valence-electron chi connectivity index (χ1n) is 7.17. The van der Waals surface area contributed by atoms with Crippen molar-refractivity contribution in [1.82, 2.24) is 15.0 Å². The van der Waals surface area contributed by atoms with E-state index in [0.717, 1.165) is 5.56 Å². The lowest BCUT2D eigenvalue weighted by Gasteiger charge is -2.27. The van der Waals surface area contributed by atoms with Crippen molar-refractivity contribution in [3.8, 4) is 0 Å². The van der Waals surface area contributed by atoms with Gasteiger partial charge in [-0.2, -0.15) is 0 Å². The number of ether oxygens (including phenoxy) is 1. The van der Waals surface area contributed by atoms with Crippen LogP contribution < -0.4 is 10.2 Å². The molecule has 23 heavy (non-hydrogen) atoms. The molecule has 0 radical (unpaired) electrons. The van der Waals surface area contributed by atoms with Crippen LogP contribution in [0.3, 0.4) is 0 Å². The molecule has 3 heterocycles. The van der Waals surface area contributed by atoms with Gasteiger partial charge in [0.25, 0.3) is 0 Å². The maximum Gasteiger partial charge on any atom is 0.353 e. The number of aromatic nitrogens is 3.